The topological polar surface area (TPSA) is 37.3 Å². The second-order valence-electron chi connectivity index (χ2n) is 7.95. The molecule has 2 heteroatoms. The Morgan fingerprint density at radius 1 is 1.15 bits per heavy atom. The van der Waals surface area contributed by atoms with Crippen molar-refractivity contribution in [2.75, 3.05) is 0 Å². The number of allylic oxidation sites excluding steroid dienone is 1. The molecule has 0 amide bonds. The van der Waals surface area contributed by atoms with E-state index in [9.17, 15) is 9.90 Å². The van der Waals surface area contributed by atoms with E-state index >= 15 is 0 Å². The van der Waals surface area contributed by atoms with Crippen LogP contribution in [0.3, 0.4) is 0 Å². The van der Waals surface area contributed by atoms with Crippen molar-refractivity contribution in [3.05, 3.63) is 12.2 Å². The summed E-state index contributed by atoms with van der Waals surface area (Å²) < 4.78 is 0. The summed E-state index contributed by atoms with van der Waals surface area (Å²) in [4.78, 5) is 12.3. The minimum Gasteiger partial charge on any atom is -0.389 e. The van der Waals surface area contributed by atoms with Gasteiger partial charge in [0.1, 0.15) is 5.78 Å². The standard InChI is InChI=1S/C18H26O2/c1-18-9-8-14-13-5-3-12(19)10-11(13)2-4-15(14)16(18)6-7-17(18)20/h3,5,11-16,19H,2,4,6-10H2,1H3/t11-,12-,13+,14-,15-,16+,18+/m1/s1. The molecule has 0 aromatic heterocycles. The third kappa shape index (κ3) is 1.70. The summed E-state index contributed by atoms with van der Waals surface area (Å²) in [5.74, 6) is 4.10. The molecular formula is C18H26O2. The molecule has 0 aromatic carbocycles. The van der Waals surface area contributed by atoms with Gasteiger partial charge in [-0.2, -0.15) is 0 Å². The molecule has 7 atom stereocenters. The van der Waals surface area contributed by atoms with E-state index in [4.69, 9.17) is 0 Å². The maximum atomic E-state index is 12.3. The van der Waals surface area contributed by atoms with Gasteiger partial charge in [0.05, 0.1) is 6.10 Å². The SMILES string of the molecule is C[C@]12CC[C@@H]3[C@H]4C=C[C@@H](O)C[C@H]4CC[C@H]3[C@@H]1CCC2=O. The second-order valence-corrected chi connectivity index (χ2v) is 7.95. The molecule has 110 valence electrons. The first-order chi connectivity index (χ1) is 9.59. The molecule has 1 N–H and O–H groups in total. The van der Waals surface area contributed by atoms with Crippen LogP contribution in [0.1, 0.15) is 51.9 Å². The van der Waals surface area contributed by atoms with Crippen LogP contribution in [0.2, 0.25) is 0 Å². The fraction of sp³-hybridized carbons (Fsp3) is 0.833. The number of aliphatic hydroxyl groups excluding tert-OH is 1. The molecule has 3 saturated carbocycles. The van der Waals surface area contributed by atoms with Crippen molar-refractivity contribution >= 4 is 5.78 Å². The Labute approximate surface area is 121 Å². The van der Waals surface area contributed by atoms with Crippen LogP contribution in [-0.4, -0.2) is 17.0 Å². The number of ketones is 1. The van der Waals surface area contributed by atoms with Crippen LogP contribution in [0.5, 0.6) is 0 Å². The molecule has 0 aliphatic heterocycles. The van der Waals surface area contributed by atoms with Gasteiger partial charge >= 0.3 is 0 Å². The average molecular weight is 274 g/mol. The Morgan fingerprint density at radius 2 is 2.00 bits per heavy atom. The van der Waals surface area contributed by atoms with Gasteiger partial charge in [0, 0.05) is 11.8 Å². The highest BCUT2D eigenvalue weighted by atomic mass is 16.3. The monoisotopic (exact) mass is 274 g/mol. The van der Waals surface area contributed by atoms with Crippen molar-refractivity contribution in [3.8, 4) is 0 Å². The number of Topliss-reactive ketones (excluding diaryl/α,β-unsaturated/α-hetero) is 1. The molecule has 0 bridgehead atoms. The fourth-order valence-corrected chi connectivity index (χ4v) is 6.15. The van der Waals surface area contributed by atoms with E-state index in [2.05, 4.69) is 13.0 Å². The number of hydrogen-bond donors (Lipinski definition) is 1. The van der Waals surface area contributed by atoms with E-state index in [1.807, 2.05) is 6.08 Å². The van der Waals surface area contributed by atoms with Crippen molar-refractivity contribution in [1.29, 1.82) is 0 Å². The lowest BCUT2D eigenvalue weighted by Gasteiger charge is -2.53. The Hall–Kier alpha value is -0.630. The lowest BCUT2D eigenvalue weighted by atomic mass is 9.51. The number of fused-ring (bicyclic) bond motifs is 5. The first-order valence-electron chi connectivity index (χ1n) is 8.49. The third-order valence-corrected chi connectivity index (χ3v) is 7.21. The van der Waals surface area contributed by atoms with Gasteiger partial charge in [-0.05, 0) is 68.1 Å². The lowest BCUT2D eigenvalue weighted by molar-refractivity contribution is -0.131. The molecule has 0 aromatic rings. The van der Waals surface area contributed by atoms with E-state index in [-0.39, 0.29) is 11.5 Å². The van der Waals surface area contributed by atoms with Crippen molar-refractivity contribution in [3.63, 3.8) is 0 Å². The quantitative estimate of drug-likeness (QED) is 0.688. The van der Waals surface area contributed by atoms with E-state index in [0.29, 0.717) is 23.5 Å². The maximum Gasteiger partial charge on any atom is 0.139 e. The predicted molar refractivity (Wildman–Crippen MR) is 78.0 cm³/mol. The summed E-state index contributed by atoms with van der Waals surface area (Å²) in [7, 11) is 0. The van der Waals surface area contributed by atoms with Crippen molar-refractivity contribution in [2.45, 2.75) is 58.0 Å². The first-order valence-corrected chi connectivity index (χ1v) is 8.49. The first kappa shape index (κ1) is 13.1. The van der Waals surface area contributed by atoms with Gasteiger partial charge in [-0.15, -0.1) is 0 Å². The molecule has 4 aliphatic carbocycles. The van der Waals surface area contributed by atoms with Crippen molar-refractivity contribution < 1.29 is 9.90 Å². The summed E-state index contributed by atoms with van der Waals surface area (Å²) in [5, 5.41) is 9.84. The molecule has 0 heterocycles. The number of rotatable bonds is 0. The van der Waals surface area contributed by atoms with Crippen LogP contribution < -0.4 is 0 Å². The minimum absolute atomic E-state index is 0.00585. The zero-order valence-corrected chi connectivity index (χ0v) is 12.4. The molecule has 0 saturated heterocycles. The lowest BCUT2D eigenvalue weighted by Crippen LogP contribution is -2.48. The van der Waals surface area contributed by atoms with E-state index < -0.39 is 0 Å². The second kappa shape index (κ2) is 4.43. The summed E-state index contributed by atoms with van der Waals surface area (Å²) in [6.07, 6.45) is 11.9. The van der Waals surface area contributed by atoms with E-state index in [1.165, 1.54) is 19.3 Å². The Kier molecular flexibility index (Phi) is 2.89. The molecule has 0 spiro atoms. The zero-order chi connectivity index (χ0) is 13.9. The summed E-state index contributed by atoms with van der Waals surface area (Å²) in [5.41, 5.74) is 0.00585. The highest BCUT2D eigenvalue weighted by Gasteiger charge is 2.56. The number of hydrogen-bond acceptors (Lipinski definition) is 2. The highest BCUT2D eigenvalue weighted by molar-refractivity contribution is 5.87. The molecular weight excluding hydrogens is 248 g/mol. The van der Waals surface area contributed by atoms with Crippen LogP contribution in [0.15, 0.2) is 12.2 Å². The Bertz CT molecular complexity index is 454. The van der Waals surface area contributed by atoms with Crippen LogP contribution in [0.4, 0.5) is 0 Å². The number of aliphatic hydroxyl groups is 1. The van der Waals surface area contributed by atoms with Gasteiger partial charge in [-0.1, -0.05) is 19.1 Å². The van der Waals surface area contributed by atoms with Gasteiger partial charge in [-0.3, -0.25) is 4.79 Å². The molecule has 4 rings (SSSR count). The van der Waals surface area contributed by atoms with Crippen molar-refractivity contribution in [2.24, 2.45) is 35.0 Å². The van der Waals surface area contributed by atoms with Gasteiger partial charge in [0.2, 0.25) is 0 Å². The smallest absolute Gasteiger partial charge is 0.139 e. The van der Waals surface area contributed by atoms with Crippen molar-refractivity contribution in [1.82, 2.24) is 0 Å². The normalized spacial score (nSPS) is 54.2. The van der Waals surface area contributed by atoms with Gasteiger partial charge in [0.25, 0.3) is 0 Å². The van der Waals surface area contributed by atoms with Gasteiger partial charge < -0.3 is 5.11 Å². The average Bonchev–Trinajstić information content (AvgIpc) is 2.74. The predicted octanol–water partition coefficient (Wildman–Crippen LogP) is 3.35. The van der Waals surface area contributed by atoms with E-state index in [1.54, 1.807) is 0 Å². The molecule has 20 heavy (non-hydrogen) atoms. The maximum absolute atomic E-state index is 12.3. The zero-order valence-electron chi connectivity index (χ0n) is 12.4. The highest BCUT2D eigenvalue weighted by Crippen LogP contribution is 2.60. The fourth-order valence-electron chi connectivity index (χ4n) is 6.15. The molecule has 4 aliphatic rings. The van der Waals surface area contributed by atoms with Crippen LogP contribution in [-0.2, 0) is 4.79 Å². The Balaban J connectivity index is 1.62. The van der Waals surface area contributed by atoms with Gasteiger partial charge in [-0.25, -0.2) is 0 Å². The largest absolute Gasteiger partial charge is 0.389 e. The molecule has 2 nitrogen and oxygen atoms in total. The number of carbonyl (C=O) groups excluding carboxylic acids is 1. The number of carbonyl (C=O) groups is 1. The summed E-state index contributed by atoms with van der Waals surface area (Å²) in [6.45, 7) is 2.25. The third-order valence-electron chi connectivity index (χ3n) is 7.21. The van der Waals surface area contributed by atoms with Crippen LogP contribution in [0, 0.1) is 35.0 Å². The van der Waals surface area contributed by atoms with Crippen LogP contribution >= 0.6 is 0 Å². The summed E-state index contributed by atoms with van der Waals surface area (Å²) in [6, 6.07) is 0. The van der Waals surface area contributed by atoms with Gasteiger partial charge in [0.15, 0.2) is 0 Å². The molecule has 3 fully saturated rings. The van der Waals surface area contributed by atoms with Crippen LogP contribution in [0.25, 0.3) is 0 Å². The molecule has 0 unspecified atom stereocenters. The minimum atomic E-state index is -0.213. The summed E-state index contributed by atoms with van der Waals surface area (Å²) >= 11 is 0. The van der Waals surface area contributed by atoms with E-state index in [0.717, 1.165) is 37.5 Å². The molecule has 0 radical (unpaired) electrons. The Morgan fingerprint density at radius 3 is 2.85 bits per heavy atom.